The Kier molecular flexibility index (Phi) is 6.40. The summed E-state index contributed by atoms with van der Waals surface area (Å²) in [5.74, 6) is 0.230. The van der Waals surface area contributed by atoms with E-state index in [1.165, 1.54) is 0 Å². The SMILES string of the molecule is CCC(CC)C(O)CNC(=O)NCCc1cn2ccccc2n1. The third-order valence-corrected chi connectivity index (χ3v) is 4.15. The van der Waals surface area contributed by atoms with Gasteiger partial charge in [0.2, 0.25) is 0 Å². The van der Waals surface area contributed by atoms with Crippen molar-refractivity contribution in [2.24, 2.45) is 5.92 Å². The number of imidazole rings is 1. The van der Waals surface area contributed by atoms with Crippen molar-refractivity contribution in [3.8, 4) is 0 Å². The van der Waals surface area contributed by atoms with E-state index >= 15 is 0 Å². The Labute approximate surface area is 136 Å². The van der Waals surface area contributed by atoms with E-state index in [0.717, 1.165) is 24.2 Å². The number of aliphatic hydroxyl groups excluding tert-OH is 1. The maximum absolute atomic E-state index is 11.8. The van der Waals surface area contributed by atoms with Gasteiger partial charge in [0.05, 0.1) is 11.8 Å². The fourth-order valence-corrected chi connectivity index (χ4v) is 2.67. The van der Waals surface area contributed by atoms with Gasteiger partial charge in [0.25, 0.3) is 0 Å². The van der Waals surface area contributed by atoms with Crippen LogP contribution >= 0.6 is 0 Å². The molecule has 0 bridgehead atoms. The van der Waals surface area contributed by atoms with Crippen molar-refractivity contribution in [2.75, 3.05) is 13.1 Å². The lowest BCUT2D eigenvalue weighted by Crippen LogP contribution is -2.42. The van der Waals surface area contributed by atoms with Crippen LogP contribution in [0.5, 0.6) is 0 Å². The van der Waals surface area contributed by atoms with Crippen molar-refractivity contribution >= 4 is 11.7 Å². The third-order valence-electron chi connectivity index (χ3n) is 4.15. The van der Waals surface area contributed by atoms with Crippen molar-refractivity contribution < 1.29 is 9.90 Å². The van der Waals surface area contributed by atoms with Crippen LogP contribution in [0.3, 0.4) is 0 Å². The third kappa shape index (κ3) is 4.96. The van der Waals surface area contributed by atoms with Crippen LogP contribution in [0.2, 0.25) is 0 Å². The molecular formula is C17H26N4O2. The molecule has 1 atom stereocenters. The first-order valence-electron chi connectivity index (χ1n) is 8.26. The van der Waals surface area contributed by atoms with E-state index in [9.17, 15) is 9.90 Å². The highest BCUT2D eigenvalue weighted by Crippen LogP contribution is 2.12. The van der Waals surface area contributed by atoms with Crippen molar-refractivity contribution in [2.45, 2.75) is 39.2 Å². The van der Waals surface area contributed by atoms with Gasteiger partial charge in [-0.1, -0.05) is 32.8 Å². The van der Waals surface area contributed by atoms with Gasteiger partial charge in [0.1, 0.15) is 5.65 Å². The van der Waals surface area contributed by atoms with Gasteiger partial charge < -0.3 is 20.1 Å². The van der Waals surface area contributed by atoms with E-state index < -0.39 is 6.10 Å². The molecule has 0 saturated heterocycles. The molecule has 0 aliphatic rings. The molecule has 2 aromatic rings. The van der Waals surface area contributed by atoms with Crippen LogP contribution in [0.1, 0.15) is 32.4 Å². The van der Waals surface area contributed by atoms with Gasteiger partial charge in [-0.15, -0.1) is 0 Å². The number of aromatic nitrogens is 2. The van der Waals surface area contributed by atoms with Crippen LogP contribution < -0.4 is 10.6 Å². The first-order chi connectivity index (χ1) is 11.1. The Morgan fingerprint density at radius 2 is 2.09 bits per heavy atom. The Morgan fingerprint density at radius 1 is 1.30 bits per heavy atom. The molecule has 0 spiro atoms. The average Bonchev–Trinajstić information content (AvgIpc) is 2.96. The molecule has 6 heteroatoms. The summed E-state index contributed by atoms with van der Waals surface area (Å²) in [5.41, 5.74) is 1.84. The number of nitrogens with zero attached hydrogens (tertiary/aromatic N) is 2. The van der Waals surface area contributed by atoms with Crippen LogP contribution in [-0.2, 0) is 6.42 Å². The van der Waals surface area contributed by atoms with Crippen LogP contribution in [0.4, 0.5) is 4.79 Å². The van der Waals surface area contributed by atoms with Crippen LogP contribution in [0, 0.1) is 5.92 Å². The van der Waals surface area contributed by atoms with Crippen molar-refractivity contribution in [1.29, 1.82) is 0 Å². The summed E-state index contributed by atoms with van der Waals surface area (Å²) in [4.78, 5) is 16.2. The first kappa shape index (κ1) is 17.3. The number of hydrogen-bond acceptors (Lipinski definition) is 3. The molecule has 6 nitrogen and oxygen atoms in total. The summed E-state index contributed by atoms with van der Waals surface area (Å²) in [6.07, 6.45) is 5.92. The monoisotopic (exact) mass is 318 g/mol. The summed E-state index contributed by atoms with van der Waals surface area (Å²) in [6.45, 7) is 4.89. The maximum atomic E-state index is 11.8. The Balaban J connectivity index is 1.70. The molecule has 0 aliphatic carbocycles. The van der Waals surface area contributed by atoms with Crippen LogP contribution in [-0.4, -0.2) is 39.7 Å². The molecule has 0 fully saturated rings. The Morgan fingerprint density at radius 3 is 2.78 bits per heavy atom. The first-order valence-corrected chi connectivity index (χ1v) is 8.26. The number of rotatable bonds is 8. The molecule has 2 rings (SSSR count). The smallest absolute Gasteiger partial charge is 0.314 e. The molecule has 1 unspecified atom stereocenters. The quantitative estimate of drug-likeness (QED) is 0.696. The molecule has 2 heterocycles. The molecule has 0 aromatic carbocycles. The number of nitrogens with one attached hydrogen (secondary N) is 2. The minimum atomic E-state index is -0.491. The maximum Gasteiger partial charge on any atom is 0.314 e. The number of urea groups is 1. The molecule has 2 amide bonds. The lowest BCUT2D eigenvalue weighted by molar-refractivity contribution is 0.103. The second-order valence-corrected chi connectivity index (χ2v) is 5.73. The fourth-order valence-electron chi connectivity index (χ4n) is 2.67. The largest absolute Gasteiger partial charge is 0.391 e. The number of amides is 2. The zero-order valence-corrected chi connectivity index (χ0v) is 13.8. The minimum Gasteiger partial charge on any atom is -0.391 e. The molecule has 2 aromatic heterocycles. The van der Waals surface area contributed by atoms with E-state index in [4.69, 9.17) is 0 Å². The molecule has 0 aliphatic heterocycles. The molecule has 0 radical (unpaired) electrons. The molecular weight excluding hydrogens is 292 g/mol. The fraction of sp³-hybridized carbons (Fsp3) is 0.529. The van der Waals surface area contributed by atoms with Gasteiger partial charge in [-0.3, -0.25) is 0 Å². The highest BCUT2D eigenvalue weighted by molar-refractivity contribution is 5.73. The van der Waals surface area contributed by atoms with E-state index in [2.05, 4.69) is 15.6 Å². The Bertz CT molecular complexity index is 589. The number of aliphatic hydroxyl groups is 1. The summed E-state index contributed by atoms with van der Waals surface area (Å²) in [7, 11) is 0. The summed E-state index contributed by atoms with van der Waals surface area (Å²) in [6, 6.07) is 5.60. The van der Waals surface area contributed by atoms with Crippen molar-refractivity contribution in [1.82, 2.24) is 20.0 Å². The van der Waals surface area contributed by atoms with Gasteiger partial charge in [-0.05, 0) is 18.1 Å². The van der Waals surface area contributed by atoms with Gasteiger partial charge in [-0.25, -0.2) is 9.78 Å². The molecule has 0 saturated carbocycles. The van der Waals surface area contributed by atoms with Gasteiger partial charge in [-0.2, -0.15) is 0 Å². The number of pyridine rings is 1. The second-order valence-electron chi connectivity index (χ2n) is 5.73. The van der Waals surface area contributed by atoms with Crippen molar-refractivity contribution in [3.63, 3.8) is 0 Å². The van der Waals surface area contributed by atoms with Crippen LogP contribution in [0.15, 0.2) is 30.6 Å². The predicted molar refractivity (Wildman–Crippen MR) is 90.4 cm³/mol. The van der Waals surface area contributed by atoms with E-state index in [1.54, 1.807) is 0 Å². The zero-order chi connectivity index (χ0) is 16.7. The second kappa shape index (κ2) is 8.53. The van der Waals surface area contributed by atoms with Gasteiger partial charge in [0.15, 0.2) is 0 Å². The highest BCUT2D eigenvalue weighted by atomic mass is 16.3. The number of hydrogen-bond donors (Lipinski definition) is 3. The lowest BCUT2D eigenvalue weighted by Gasteiger charge is -2.20. The van der Waals surface area contributed by atoms with E-state index in [-0.39, 0.29) is 18.5 Å². The van der Waals surface area contributed by atoms with E-state index in [0.29, 0.717) is 13.0 Å². The van der Waals surface area contributed by atoms with Gasteiger partial charge >= 0.3 is 6.03 Å². The number of carbonyl (C=O) groups excluding carboxylic acids is 1. The topological polar surface area (TPSA) is 78.7 Å². The standard InChI is InChI=1S/C17H26N4O2/c1-3-13(4-2)15(22)11-19-17(23)18-9-8-14-12-21-10-6-5-7-16(21)20-14/h5-7,10,12-13,15,22H,3-4,8-9,11H2,1-2H3,(H2,18,19,23). The summed E-state index contributed by atoms with van der Waals surface area (Å²) < 4.78 is 1.96. The summed E-state index contributed by atoms with van der Waals surface area (Å²) >= 11 is 0. The van der Waals surface area contributed by atoms with Crippen LogP contribution in [0.25, 0.3) is 5.65 Å². The number of carbonyl (C=O) groups is 1. The van der Waals surface area contributed by atoms with Crippen molar-refractivity contribution in [3.05, 3.63) is 36.3 Å². The highest BCUT2D eigenvalue weighted by Gasteiger charge is 2.15. The Hall–Kier alpha value is -2.08. The van der Waals surface area contributed by atoms with E-state index in [1.807, 2.05) is 48.8 Å². The average molecular weight is 318 g/mol. The number of fused-ring (bicyclic) bond motifs is 1. The molecule has 3 N–H and O–H groups in total. The lowest BCUT2D eigenvalue weighted by atomic mass is 9.97. The predicted octanol–water partition coefficient (Wildman–Crippen LogP) is 1.97. The zero-order valence-electron chi connectivity index (χ0n) is 13.8. The van der Waals surface area contributed by atoms with Gasteiger partial charge in [0, 0.05) is 31.9 Å². The molecule has 23 heavy (non-hydrogen) atoms. The normalized spacial score (nSPS) is 12.5. The minimum absolute atomic E-state index is 0.230. The molecule has 126 valence electrons. The summed E-state index contributed by atoms with van der Waals surface area (Å²) in [5, 5.41) is 15.5.